The minimum Gasteiger partial charge on any atom is -0.466 e. The van der Waals surface area contributed by atoms with Crippen LogP contribution in [0.3, 0.4) is 0 Å². The van der Waals surface area contributed by atoms with E-state index in [4.69, 9.17) is 14.6 Å². The Morgan fingerprint density at radius 2 is 1.41 bits per heavy atom. The average Bonchev–Trinajstić information content (AvgIpc) is 2.48. The van der Waals surface area contributed by atoms with E-state index in [9.17, 15) is 9.59 Å². The number of carbonyl (C=O) groups is 2. The molecule has 0 fully saturated rings. The Balaban J connectivity index is 3.31. The van der Waals surface area contributed by atoms with Crippen molar-refractivity contribution in [1.82, 2.24) is 0 Å². The zero-order valence-electron chi connectivity index (χ0n) is 14.1. The molecule has 130 valence electrons. The monoisotopic (exact) mass is 316 g/mol. The number of hydrogen-bond donors (Lipinski definition) is 1. The fraction of sp³-hybridized carbons (Fsp3) is 0.882. The number of unbranched alkanes of at least 4 members (excludes halogenated alkanes) is 6. The van der Waals surface area contributed by atoms with Gasteiger partial charge in [-0.2, -0.15) is 0 Å². The summed E-state index contributed by atoms with van der Waals surface area (Å²) in [7, 11) is 0. The van der Waals surface area contributed by atoms with E-state index in [1.165, 1.54) is 19.3 Å². The van der Waals surface area contributed by atoms with Gasteiger partial charge >= 0.3 is 11.9 Å². The molecule has 5 heteroatoms. The lowest BCUT2D eigenvalue weighted by Crippen LogP contribution is -2.15. The van der Waals surface area contributed by atoms with E-state index in [0.29, 0.717) is 25.9 Å². The summed E-state index contributed by atoms with van der Waals surface area (Å²) in [6, 6.07) is 0. The van der Waals surface area contributed by atoms with Gasteiger partial charge in [0.25, 0.3) is 0 Å². The first-order valence-corrected chi connectivity index (χ1v) is 8.55. The van der Waals surface area contributed by atoms with Gasteiger partial charge in [0.05, 0.1) is 12.7 Å². The van der Waals surface area contributed by atoms with Crippen LogP contribution in [0.5, 0.6) is 0 Å². The molecule has 0 heterocycles. The summed E-state index contributed by atoms with van der Waals surface area (Å²) in [5.74, 6) is -0.405. The van der Waals surface area contributed by atoms with Crippen molar-refractivity contribution in [3.63, 3.8) is 0 Å². The second-order valence-electron chi connectivity index (χ2n) is 5.73. The van der Waals surface area contributed by atoms with E-state index < -0.39 is 6.10 Å². The largest absolute Gasteiger partial charge is 0.466 e. The standard InChI is InChI=1S/C17H32O5/c1-3-4-5-6-8-11-16(19)21-13-10-7-9-12-17(20)22-14-15(2)18/h15,18H,3-14H2,1-2H3. The molecule has 0 amide bonds. The second kappa shape index (κ2) is 14.8. The van der Waals surface area contributed by atoms with Crippen LogP contribution >= 0.6 is 0 Å². The lowest BCUT2D eigenvalue weighted by atomic mass is 10.1. The summed E-state index contributed by atoms with van der Waals surface area (Å²) >= 11 is 0. The van der Waals surface area contributed by atoms with Crippen LogP contribution in [-0.2, 0) is 19.1 Å². The topological polar surface area (TPSA) is 72.8 Å². The lowest BCUT2D eigenvalue weighted by Gasteiger charge is -2.07. The maximum atomic E-state index is 11.4. The normalized spacial score (nSPS) is 12.0. The Hall–Kier alpha value is -1.10. The van der Waals surface area contributed by atoms with Crippen molar-refractivity contribution in [2.75, 3.05) is 13.2 Å². The molecule has 0 radical (unpaired) electrons. The van der Waals surface area contributed by atoms with Crippen LogP contribution in [0.25, 0.3) is 0 Å². The third-order valence-corrected chi connectivity index (χ3v) is 3.26. The van der Waals surface area contributed by atoms with E-state index >= 15 is 0 Å². The summed E-state index contributed by atoms with van der Waals surface area (Å²) in [6.07, 6.45) is 8.18. The van der Waals surface area contributed by atoms with Crippen LogP contribution in [0.2, 0.25) is 0 Å². The minimum absolute atomic E-state index is 0.0503. The number of carbonyl (C=O) groups excluding carboxylic acids is 2. The fourth-order valence-electron chi connectivity index (χ4n) is 1.96. The van der Waals surface area contributed by atoms with Crippen molar-refractivity contribution in [3.8, 4) is 0 Å². The molecule has 22 heavy (non-hydrogen) atoms. The maximum absolute atomic E-state index is 11.4. The van der Waals surface area contributed by atoms with Crippen LogP contribution in [0.15, 0.2) is 0 Å². The molecule has 0 rings (SSSR count). The molecule has 1 N–H and O–H groups in total. The van der Waals surface area contributed by atoms with E-state index in [0.717, 1.165) is 25.7 Å². The van der Waals surface area contributed by atoms with Gasteiger partial charge in [0, 0.05) is 12.8 Å². The molecule has 0 aliphatic heterocycles. The number of hydrogen-bond acceptors (Lipinski definition) is 5. The van der Waals surface area contributed by atoms with E-state index in [1.54, 1.807) is 6.92 Å². The average molecular weight is 316 g/mol. The second-order valence-corrected chi connectivity index (χ2v) is 5.73. The third kappa shape index (κ3) is 15.3. The Morgan fingerprint density at radius 3 is 2.00 bits per heavy atom. The predicted molar refractivity (Wildman–Crippen MR) is 85.4 cm³/mol. The smallest absolute Gasteiger partial charge is 0.305 e. The highest BCUT2D eigenvalue weighted by atomic mass is 16.5. The zero-order chi connectivity index (χ0) is 16.6. The summed E-state index contributed by atoms with van der Waals surface area (Å²) in [4.78, 5) is 22.7. The predicted octanol–water partition coefficient (Wildman–Crippen LogP) is 3.37. The summed E-state index contributed by atoms with van der Waals surface area (Å²) in [5, 5.41) is 8.97. The first kappa shape index (κ1) is 20.9. The molecule has 0 saturated heterocycles. The minimum atomic E-state index is -0.620. The molecule has 0 aromatic rings. The molecule has 0 bridgehead atoms. The number of esters is 2. The van der Waals surface area contributed by atoms with Gasteiger partial charge in [-0.1, -0.05) is 32.6 Å². The van der Waals surface area contributed by atoms with E-state index in [-0.39, 0.29) is 18.5 Å². The number of aliphatic hydroxyl groups is 1. The van der Waals surface area contributed by atoms with Crippen LogP contribution in [0.1, 0.15) is 78.1 Å². The van der Waals surface area contributed by atoms with Crippen LogP contribution < -0.4 is 0 Å². The highest BCUT2D eigenvalue weighted by Gasteiger charge is 2.05. The van der Waals surface area contributed by atoms with E-state index in [2.05, 4.69) is 6.92 Å². The molecule has 0 aliphatic carbocycles. The molecular formula is C17H32O5. The summed E-state index contributed by atoms with van der Waals surface area (Å²) in [5.41, 5.74) is 0. The fourth-order valence-corrected chi connectivity index (χ4v) is 1.96. The van der Waals surface area contributed by atoms with Gasteiger partial charge in [-0.05, 0) is 32.6 Å². The molecule has 0 spiro atoms. The summed E-state index contributed by atoms with van der Waals surface area (Å²) < 4.78 is 9.99. The summed E-state index contributed by atoms with van der Waals surface area (Å²) in [6.45, 7) is 4.22. The van der Waals surface area contributed by atoms with Crippen molar-refractivity contribution < 1.29 is 24.2 Å². The Kier molecular flexibility index (Phi) is 14.1. The van der Waals surface area contributed by atoms with Crippen molar-refractivity contribution in [2.45, 2.75) is 84.2 Å². The molecule has 0 aliphatic rings. The van der Waals surface area contributed by atoms with E-state index in [1.807, 2.05) is 0 Å². The van der Waals surface area contributed by atoms with Crippen LogP contribution in [0.4, 0.5) is 0 Å². The number of ether oxygens (including phenoxy) is 2. The van der Waals surface area contributed by atoms with Crippen molar-refractivity contribution in [2.24, 2.45) is 0 Å². The third-order valence-electron chi connectivity index (χ3n) is 3.26. The Bertz CT molecular complexity index is 289. The Labute approximate surface area is 134 Å². The molecular weight excluding hydrogens is 284 g/mol. The molecule has 0 aromatic carbocycles. The first-order chi connectivity index (χ1) is 10.6. The highest BCUT2D eigenvalue weighted by molar-refractivity contribution is 5.69. The van der Waals surface area contributed by atoms with Gasteiger partial charge in [0.2, 0.25) is 0 Å². The van der Waals surface area contributed by atoms with Gasteiger partial charge in [0.1, 0.15) is 6.61 Å². The maximum Gasteiger partial charge on any atom is 0.305 e. The molecule has 5 nitrogen and oxygen atoms in total. The first-order valence-electron chi connectivity index (χ1n) is 8.55. The van der Waals surface area contributed by atoms with Gasteiger partial charge in [-0.25, -0.2) is 0 Å². The van der Waals surface area contributed by atoms with Crippen molar-refractivity contribution >= 4 is 11.9 Å². The molecule has 0 aromatic heterocycles. The number of rotatable bonds is 14. The molecule has 0 saturated carbocycles. The number of aliphatic hydroxyl groups excluding tert-OH is 1. The van der Waals surface area contributed by atoms with Gasteiger partial charge in [-0.3, -0.25) is 9.59 Å². The molecule has 1 unspecified atom stereocenters. The SMILES string of the molecule is CCCCCCCC(=O)OCCCCCC(=O)OCC(C)O. The quantitative estimate of drug-likeness (QED) is 0.393. The van der Waals surface area contributed by atoms with Crippen molar-refractivity contribution in [3.05, 3.63) is 0 Å². The lowest BCUT2D eigenvalue weighted by molar-refractivity contribution is -0.147. The highest BCUT2D eigenvalue weighted by Crippen LogP contribution is 2.07. The van der Waals surface area contributed by atoms with Crippen LogP contribution in [-0.4, -0.2) is 36.4 Å². The van der Waals surface area contributed by atoms with Gasteiger partial charge in [0.15, 0.2) is 0 Å². The zero-order valence-corrected chi connectivity index (χ0v) is 14.1. The Morgan fingerprint density at radius 1 is 0.864 bits per heavy atom. The van der Waals surface area contributed by atoms with Gasteiger partial charge < -0.3 is 14.6 Å². The molecule has 1 atom stereocenters. The van der Waals surface area contributed by atoms with Crippen LogP contribution in [0, 0.1) is 0 Å². The van der Waals surface area contributed by atoms with Crippen molar-refractivity contribution in [1.29, 1.82) is 0 Å². The van der Waals surface area contributed by atoms with Gasteiger partial charge in [-0.15, -0.1) is 0 Å².